The second-order valence-corrected chi connectivity index (χ2v) is 7.23. The molecule has 0 bridgehead atoms. The largest absolute Gasteiger partial charge is 0.573 e. The van der Waals surface area contributed by atoms with E-state index in [-0.39, 0.29) is 11.2 Å². The van der Waals surface area contributed by atoms with Gasteiger partial charge in [-0.1, -0.05) is 30.3 Å². The molecule has 0 aromatic heterocycles. The van der Waals surface area contributed by atoms with Gasteiger partial charge in [0.15, 0.2) is 0 Å². The van der Waals surface area contributed by atoms with Crippen LogP contribution in [0.5, 0.6) is 11.5 Å². The van der Waals surface area contributed by atoms with Crippen molar-refractivity contribution in [3.8, 4) is 11.5 Å². The van der Waals surface area contributed by atoms with Crippen LogP contribution in [-0.2, 0) is 6.42 Å². The van der Waals surface area contributed by atoms with Gasteiger partial charge in [-0.05, 0) is 36.6 Å². The third-order valence-electron chi connectivity index (χ3n) is 5.45. The lowest BCUT2D eigenvalue weighted by molar-refractivity contribution is -0.274. The molecule has 4 rings (SSSR count). The molecule has 7 heteroatoms. The summed E-state index contributed by atoms with van der Waals surface area (Å²) in [6, 6.07) is 13.4. The average molecular weight is 391 g/mol. The van der Waals surface area contributed by atoms with Crippen molar-refractivity contribution in [3.63, 3.8) is 0 Å². The number of rotatable bonds is 2. The van der Waals surface area contributed by atoms with E-state index in [1.807, 2.05) is 18.2 Å². The van der Waals surface area contributed by atoms with E-state index in [9.17, 15) is 18.0 Å². The molecule has 2 aromatic rings. The predicted octanol–water partition coefficient (Wildman–Crippen LogP) is 4.59. The molecule has 0 saturated carbocycles. The summed E-state index contributed by atoms with van der Waals surface area (Å²) in [5, 5.41) is 0. The number of halogens is 3. The summed E-state index contributed by atoms with van der Waals surface area (Å²) in [5.41, 5.74) is 0.795. The molecule has 1 amide bonds. The number of amides is 1. The van der Waals surface area contributed by atoms with E-state index >= 15 is 0 Å². The average Bonchev–Trinajstić information content (AvgIpc) is 2.67. The van der Waals surface area contributed by atoms with Crippen LogP contribution in [0.2, 0.25) is 0 Å². The van der Waals surface area contributed by atoms with E-state index in [0.717, 1.165) is 24.7 Å². The SMILES string of the molecule is O=C(c1ccccc1OC(F)(F)F)N1CCC2(CCc3ccccc3O2)CC1. The highest BCUT2D eigenvalue weighted by atomic mass is 19.4. The van der Waals surface area contributed by atoms with Gasteiger partial charge in [0.05, 0.1) is 5.56 Å². The van der Waals surface area contributed by atoms with E-state index < -0.39 is 18.0 Å². The molecule has 1 fully saturated rings. The number of alkyl halides is 3. The van der Waals surface area contributed by atoms with Crippen molar-refractivity contribution in [1.82, 2.24) is 4.90 Å². The van der Waals surface area contributed by atoms with Gasteiger partial charge < -0.3 is 14.4 Å². The summed E-state index contributed by atoms with van der Waals surface area (Å²) in [5.74, 6) is -0.0357. The van der Waals surface area contributed by atoms with Crippen molar-refractivity contribution in [2.75, 3.05) is 13.1 Å². The Labute approximate surface area is 160 Å². The normalized spacial score (nSPS) is 18.3. The molecule has 0 radical (unpaired) electrons. The third-order valence-corrected chi connectivity index (χ3v) is 5.45. The Kier molecular flexibility index (Phi) is 4.69. The van der Waals surface area contributed by atoms with Crippen LogP contribution in [0.15, 0.2) is 48.5 Å². The minimum absolute atomic E-state index is 0.0781. The van der Waals surface area contributed by atoms with Gasteiger partial charge in [0.1, 0.15) is 17.1 Å². The van der Waals surface area contributed by atoms with Gasteiger partial charge in [-0.15, -0.1) is 13.2 Å². The summed E-state index contributed by atoms with van der Waals surface area (Å²) in [6.45, 7) is 0.864. The smallest absolute Gasteiger partial charge is 0.487 e. The number of benzene rings is 2. The number of hydrogen-bond acceptors (Lipinski definition) is 3. The minimum atomic E-state index is -4.84. The number of para-hydroxylation sites is 2. The number of nitrogens with zero attached hydrogens (tertiary/aromatic N) is 1. The molecule has 2 aliphatic heterocycles. The number of fused-ring (bicyclic) bond motifs is 1. The Hall–Kier alpha value is -2.70. The van der Waals surface area contributed by atoms with Gasteiger partial charge in [-0.25, -0.2) is 0 Å². The maximum atomic E-state index is 12.8. The summed E-state index contributed by atoms with van der Waals surface area (Å²) in [6.07, 6.45) is -1.75. The number of aryl methyl sites for hydroxylation is 1. The topological polar surface area (TPSA) is 38.8 Å². The first-order chi connectivity index (χ1) is 13.4. The van der Waals surface area contributed by atoms with Gasteiger partial charge >= 0.3 is 6.36 Å². The summed E-state index contributed by atoms with van der Waals surface area (Å²) >= 11 is 0. The number of ether oxygens (including phenoxy) is 2. The van der Waals surface area contributed by atoms with Crippen LogP contribution >= 0.6 is 0 Å². The quantitative estimate of drug-likeness (QED) is 0.752. The highest BCUT2D eigenvalue weighted by Gasteiger charge is 2.41. The van der Waals surface area contributed by atoms with Gasteiger partial charge in [-0.3, -0.25) is 4.79 Å². The number of likely N-dealkylation sites (tertiary alicyclic amines) is 1. The molecule has 0 atom stereocenters. The van der Waals surface area contributed by atoms with Crippen molar-refractivity contribution >= 4 is 5.91 Å². The summed E-state index contributed by atoms with van der Waals surface area (Å²) in [7, 11) is 0. The number of hydrogen-bond donors (Lipinski definition) is 0. The first kappa shape index (κ1) is 18.7. The first-order valence-corrected chi connectivity index (χ1v) is 9.26. The zero-order chi connectivity index (χ0) is 19.8. The van der Waals surface area contributed by atoms with E-state index in [0.29, 0.717) is 25.9 Å². The molecule has 2 aliphatic rings. The first-order valence-electron chi connectivity index (χ1n) is 9.26. The number of carbonyl (C=O) groups is 1. The van der Waals surface area contributed by atoms with Crippen molar-refractivity contribution in [2.24, 2.45) is 0 Å². The molecule has 4 nitrogen and oxygen atoms in total. The molecular formula is C21H20F3NO3. The molecule has 2 aromatic carbocycles. The van der Waals surface area contributed by atoms with Crippen LogP contribution in [-0.4, -0.2) is 35.9 Å². The van der Waals surface area contributed by atoms with Crippen molar-refractivity contribution < 1.29 is 27.4 Å². The molecule has 0 aliphatic carbocycles. The fraction of sp³-hybridized carbons (Fsp3) is 0.381. The third kappa shape index (κ3) is 3.79. The predicted molar refractivity (Wildman–Crippen MR) is 96.4 cm³/mol. The second-order valence-electron chi connectivity index (χ2n) is 7.23. The van der Waals surface area contributed by atoms with Crippen molar-refractivity contribution in [2.45, 2.75) is 37.6 Å². The zero-order valence-corrected chi connectivity index (χ0v) is 15.2. The number of carbonyl (C=O) groups excluding carboxylic acids is 1. The molecule has 1 spiro atoms. The number of piperidine rings is 1. The molecular weight excluding hydrogens is 371 g/mol. The monoisotopic (exact) mass is 391 g/mol. The van der Waals surface area contributed by atoms with Crippen LogP contribution in [0.3, 0.4) is 0 Å². The fourth-order valence-electron chi connectivity index (χ4n) is 3.95. The van der Waals surface area contributed by atoms with E-state index in [1.54, 1.807) is 4.90 Å². The Bertz CT molecular complexity index is 873. The van der Waals surface area contributed by atoms with Crippen LogP contribution < -0.4 is 9.47 Å². The van der Waals surface area contributed by atoms with Gasteiger partial charge in [0.25, 0.3) is 5.91 Å². The lowest BCUT2D eigenvalue weighted by Crippen LogP contribution is -2.51. The Morgan fingerprint density at radius 2 is 1.68 bits per heavy atom. The van der Waals surface area contributed by atoms with Crippen LogP contribution in [0.1, 0.15) is 35.2 Å². The van der Waals surface area contributed by atoms with Crippen LogP contribution in [0.4, 0.5) is 13.2 Å². The van der Waals surface area contributed by atoms with E-state index in [1.165, 1.54) is 23.8 Å². The molecule has 0 unspecified atom stereocenters. The van der Waals surface area contributed by atoms with Crippen molar-refractivity contribution in [3.05, 3.63) is 59.7 Å². The molecule has 0 N–H and O–H groups in total. The summed E-state index contributed by atoms with van der Waals surface area (Å²) in [4.78, 5) is 14.4. The zero-order valence-electron chi connectivity index (χ0n) is 15.2. The Morgan fingerprint density at radius 1 is 1.00 bits per heavy atom. The van der Waals surface area contributed by atoms with Gasteiger partial charge in [-0.2, -0.15) is 0 Å². The van der Waals surface area contributed by atoms with Gasteiger partial charge in [0.2, 0.25) is 0 Å². The maximum absolute atomic E-state index is 12.8. The van der Waals surface area contributed by atoms with Crippen LogP contribution in [0, 0.1) is 0 Å². The maximum Gasteiger partial charge on any atom is 0.573 e. The molecule has 2 heterocycles. The van der Waals surface area contributed by atoms with Crippen molar-refractivity contribution in [1.29, 1.82) is 0 Å². The molecule has 1 saturated heterocycles. The van der Waals surface area contributed by atoms with E-state index in [4.69, 9.17) is 4.74 Å². The van der Waals surface area contributed by atoms with E-state index in [2.05, 4.69) is 10.8 Å². The molecule has 28 heavy (non-hydrogen) atoms. The summed E-state index contributed by atoms with van der Waals surface area (Å²) < 4.78 is 48.2. The lowest BCUT2D eigenvalue weighted by Gasteiger charge is -2.44. The van der Waals surface area contributed by atoms with Gasteiger partial charge in [0, 0.05) is 25.9 Å². The Morgan fingerprint density at radius 3 is 2.43 bits per heavy atom. The minimum Gasteiger partial charge on any atom is -0.487 e. The highest BCUT2D eigenvalue weighted by Crippen LogP contribution is 2.39. The lowest BCUT2D eigenvalue weighted by atomic mass is 9.83. The fourth-order valence-corrected chi connectivity index (χ4v) is 3.95. The highest BCUT2D eigenvalue weighted by molar-refractivity contribution is 5.97. The Balaban J connectivity index is 1.46. The molecule has 148 valence electrons. The van der Waals surface area contributed by atoms with Crippen LogP contribution in [0.25, 0.3) is 0 Å². The standard InChI is InChI=1S/C21H20F3NO3/c22-21(23,24)28-18-8-4-2-6-16(18)19(26)25-13-11-20(12-14-25)10-9-15-5-1-3-7-17(15)27-20/h1-8H,9-14H2. The second kappa shape index (κ2) is 7.04.